The largest absolute Gasteiger partial charge is 0.333 e. The van der Waals surface area contributed by atoms with Gasteiger partial charge in [0.1, 0.15) is 0 Å². The number of carbonyl (C=O) groups is 1. The molecular weight excluding hydrogens is 292 g/mol. The third-order valence-corrected chi connectivity index (χ3v) is 5.03. The lowest BCUT2D eigenvalue weighted by atomic mass is 9.81. The summed E-state index contributed by atoms with van der Waals surface area (Å²) in [6.07, 6.45) is 3.25. The molecule has 1 rings (SSSR count). The lowest BCUT2D eigenvalue weighted by Crippen LogP contribution is -2.47. The lowest BCUT2D eigenvalue weighted by Gasteiger charge is -2.34. The summed E-state index contributed by atoms with van der Waals surface area (Å²) in [5, 5.41) is 0. The average molecular weight is 315 g/mol. The molecule has 1 aromatic rings. The molecule has 20 heavy (non-hydrogen) atoms. The van der Waals surface area contributed by atoms with Gasteiger partial charge in [0, 0.05) is 18.0 Å². The summed E-state index contributed by atoms with van der Waals surface area (Å²) in [5.74, 6) is 0.106. The van der Waals surface area contributed by atoms with Gasteiger partial charge in [-0.15, -0.1) is 17.9 Å². The van der Waals surface area contributed by atoms with Gasteiger partial charge in [-0.25, -0.2) is 0 Å². The predicted octanol–water partition coefficient (Wildman–Crippen LogP) is 3.68. The fourth-order valence-electron chi connectivity index (χ4n) is 2.26. The maximum atomic E-state index is 12.8. The van der Waals surface area contributed by atoms with E-state index in [1.165, 1.54) is 11.3 Å². The van der Waals surface area contributed by atoms with Crippen LogP contribution in [0.15, 0.2) is 24.8 Å². The first-order valence-corrected chi connectivity index (χ1v) is 8.07. The molecule has 5 heteroatoms. The van der Waals surface area contributed by atoms with Crippen LogP contribution in [-0.4, -0.2) is 23.9 Å². The molecule has 0 saturated carbocycles. The van der Waals surface area contributed by atoms with E-state index in [0.29, 0.717) is 19.6 Å². The number of hydrogen-bond acceptors (Lipinski definition) is 3. The molecule has 112 valence electrons. The van der Waals surface area contributed by atoms with Gasteiger partial charge in [-0.3, -0.25) is 4.79 Å². The zero-order valence-electron chi connectivity index (χ0n) is 12.2. The molecule has 0 fully saturated rings. The first kappa shape index (κ1) is 17.2. The highest BCUT2D eigenvalue weighted by atomic mass is 35.5. The van der Waals surface area contributed by atoms with Crippen molar-refractivity contribution in [1.82, 2.24) is 4.90 Å². The number of carbonyl (C=O) groups excluding carboxylic acids is 1. The second-order valence-corrected chi connectivity index (χ2v) is 6.67. The van der Waals surface area contributed by atoms with Gasteiger partial charge in [0.05, 0.1) is 16.3 Å². The molecule has 1 heterocycles. The van der Waals surface area contributed by atoms with Crippen molar-refractivity contribution in [2.45, 2.75) is 33.2 Å². The van der Waals surface area contributed by atoms with Crippen molar-refractivity contribution in [3.8, 4) is 0 Å². The van der Waals surface area contributed by atoms with Gasteiger partial charge in [0.25, 0.3) is 0 Å². The SMILES string of the molecule is C=CCN(Cc1ccc(Cl)s1)C(=O)C(CC)(CC)CN. The molecule has 0 aliphatic heterocycles. The van der Waals surface area contributed by atoms with Gasteiger partial charge < -0.3 is 10.6 Å². The second kappa shape index (κ2) is 7.81. The molecule has 0 bridgehead atoms. The lowest BCUT2D eigenvalue weighted by molar-refractivity contribution is -0.142. The third-order valence-electron chi connectivity index (χ3n) is 3.81. The Bertz CT molecular complexity index is 446. The first-order valence-electron chi connectivity index (χ1n) is 6.87. The highest BCUT2D eigenvalue weighted by Gasteiger charge is 2.36. The monoisotopic (exact) mass is 314 g/mol. The Morgan fingerprint density at radius 1 is 1.50 bits per heavy atom. The van der Waals surface area contributed by atoms with E-state index < -0.39 is 5.41 Å². The van der Waals surface area contributed by atoms with Gasteiger partial charge in [-0.2, -0.15) is 0 Å². The molecule has 3 nitrogen and oxygen atoms in total. The summed E-state index contributed by atoms with van der Waals surface area (Å²) >= 11 is 7.45. The van der Waals surface area contributed by atoms with Crippen LogP contribution in [0.3, 0.4) is 0 Å². The Labute approximate surface area is 130 Å². The van der Waals surface area contributed by atoms with Crippen LogP contribution in [0.1, 0.15) is 31.6 Å². The zero-order chi connectivity index (χ0) is 15.2. The fourth-order valence-corrected chi connectivity index (χ4v) is 3.37. The predicted molar refractivity (Wildman–Crippen MR) is 87.0 cm³/mol. The van der Waals surface area contributed by atoms with Crippen LogP contribution < -0.4 is 5.73 Å². The second-order valence-electron chi connectivity index (χ2n) is 4.87. The van der Waals surface area contributed by atoms with Crippen molar-refractivity contribution in [2.75, 3.05) is 13.1 Å². The van der Waals surface area contributed by atoms with E-state index >= 15 is 0 Å². The standard InChI is InChI=1S/C15H23ClN2OS/c1-4-9-18(10-12-7-8-13(16)20-12)14(19)15(5-2,6-3)11-17/h4,7-8H,1,5-6,9-11,17H2,2-3H3. The molecule has 0 radical (unpaired) electrons. The van der Waals surface area contributed by atoms with Crippen LogP contribution >= 0.6 is 22.9 Å². The maximum Gasteiger partial charge on any atom is 0.230 e. The zero-order valence-corrected chi connectivity index (χ0v) is 13.8. The minimum absolute atomic E-state index is 0.106. The number of nitrogens with zero attached hydrogens (tertiary/aromatic N) is 1. The molecule has 1 amide bonds. The van der Waals surface area contributed by atoms with Gasteiger partial charge in [-0.1, -0.05) is 31.5 Å². The number of amides is 1. The minimum Gasteiger partial charge on any atom is -0.333 e. The number of thiophene rings is 1. The molecule has 0 saturated heterocycles. The Morgan fingerprint density at radius 2 is 2.15 bits per heavy atom. The third kappa shape index (κ3) is 3.84. The van der Waals surface area contributed by atoms with E-state index in [0.717, 1.165) is 22.1 Å². The van der Waals surface area contributed by atoms with Crippen molar-refractivity contribution in [2.24, 2.45) is 11.1 Å². The Hall–Kier alpha value is -0.840. The summed E-state index contributed by atoms with van der Waals surface area (Å²) in [5.41, 5.74) is 5.40. The molecule has 0 spiro atoms. The van der Waals surface area contributed by atoms with E-state index in [-0.39, 0.29) is 5.91 Å². The number of rotatable bonds is 8. The van der Waals surface area contributed by atoms with Crippen LogP contribution in [-0.2, 0) is 11.3 Å². The highest BCUT2D eigenvalue weighted by molar-refractivity contribution is 7.16. The van der Waals surface area contributed by atoms with Crippen molar-refractivity contribution in [1.29, 1.82) is 0 Å². The van der Waals surface area contributed by atoms with Gasteiger partial charge in [0.15, 0.2) is 0 Å². The summed E-state index contributed by atoms with van der Waals surface area (Å²) in [6.45, 7) is 9.23. The molecule has 0 unspecified atom stereocenters. The van der Waals surface area contributed by atoms with E-state index in [9.17, 15) is 4.79 Å². The Morgan fingerprint density at radius 3 is 2.55 bits per heavy atom. The average Bonchev–Trinajstić information content (AvgIpc) is 2.86. The van der Waals surface area contributed by atoms with Crippen LogP contribution in [0.5, 0.6) is 0 Å². The van der Waals surface area contributed by atoms with Crippen molar-refractivity contribution >= 4 is 28.8 Å². The fraction of sp³-hybridized carbons (Fsp3) is 0.533. The summed E-state index contributed by atoms with van der Waals surface area (Å²) in [6, 6.07) is 3.81. The van der Waals surface area contributed by atoms with Crippen molar-refractivity contribution < 1.29 is 4.79 Å². The van der Waals surface area contributed by atoms with Crippen LogP contribution in [0.25, 0.3) is 0 Å². The van der Waals surface area contributed by atoms with Crippen molar-refractivity contribution in [3.05, 3.63) is 34.0 Å². The van der Waals surface area contributed by atoms with Crippen LogP contribution in [0.4, 0.5) is 0 Å². The molecule has 0 atom stereocenters. The normalized spacial score (nSPS) is 11.4. The van der Waals surface area contributed by atoms with Crippen molar-refractivity contribution in [3.63, 3.8) is 0 Å². The first-order chi connectivity index (χ1) is 9.52. The number of nitrogens with two attached hydrogens (primary N) is 1. The topological polar surface area (TPSA) is 46.3 Å². The highest BCUT2D eigenvalue weighted by Crippen LogP contribution is 2.30. The van der Waals surface area contributed by atoms with E-state index in [2.05, 4.69) is 6.58 Å². The molecule has 2 N–H and O–H groups in total. The minimum atomic E-state index is -0.468. The van der Waals surface area contributed by atoms with Gasteiger partial charge in [-0.05, 0) is 25.0 Å². The molecular formula is C15H23ClN2OS. The Balaban J connectivity index is 2.94. The molecule has 0 aliphatic carbocycles. The quantitative estimate of drug-likeness (QED) is 0.744. The molecule has 0 aromatic carbocycles. The van der Waals surface area contributed by atoms with E-state index in [4.69, 9.17) is 17.3 Å². The number of hydrogen-bond donors (Lipinski definition) is 1. The van der Waals surface area contributed by atoms with Gasteiger partial charge >= 0.3 is 0 Å². The molecule has 1 aromatic heterocycles. The van der Waals surface area contributed by atoms with Gasteiger partial charge in [0.2, 0.25) is 5.91 Å². The van der Waals surface area contributed by atoms with Crippen LogP contribution in [0.2, 0.25) is 4.34 Å². The number of halogens is 1. The Kier molecular flexibility index (Phi) is 6.72. The smallest absolute Gasteiger partial charge is 0.230 e. The van der Waals surface area contributed by atoms with Crippen LogP contribution in [0, 0.1) is 5.41 Å². The summed E-state index contributed by atoms with van der Waals surface area (Å²) < 4.78 is 0.738. The summed E-state index contributed by atoms with van der Waals surface area (Å²) in [4.78, 5) is 15.7. The molecule has 0 aliphatic rings. The maximum absolute atomic E-state index is 12.8. The summed E-state index contributed by atoms with van der Waals surface area (Å²) in [7, 11) is 0. The van der Waals surface area contributed by atoms with E-state index in [1.54, 1.807) is 6.08 Å². The van der Waals surface area contributed by atoms with E-state index in [1.807, 2.05) is 30.9 Å².